The normalized spacial score (nSPS) is 15.3. The van der Waals surface area contributed by atoms with E-state index in [1.165, 1.54) is 0 Å². The van der Waals surface area contributed by atoms with Crippen LogP contribution in [0.3, 0.4) is 0 Å². The molecule has 134 valence electrons. The lowest BCUT2D eigenvalue weighted by Gasteiger charge is -2.22. The molecule has 6 nitrogen and oxygen atoms in total. The number of rotatable bonds is 2. The maximum Gasteiger partial charge on any atom is 0.254 e. The van der Waals surface area contributed by atoms with Gasteiger partial charge in [0.05, 0.1) is 5.02 Å². The van der Waals surface area contributed by atoms with Crippen LogP contribution >= 0.6 is 11.6 Å². The van der Waals surface area contributed by atoms with E-state index in [-0.39, 0.29) is 5.91 Å². The van der Waals surface area contributed by atoms with Crippen molar-refractivity contribution in [1.29, 1.82) is 0 Å². The second-order valence-corrected chi connectivity index (χ2v) is 6.96. The first-order valence-electron chi connectivity index (χ1n) is 8.73. The van der Waals surface area contributed by atoms with Gasteiger partial charge in [-0.25, -0.2) is 0 Å². The van der Waals surface area contributed by atoms with Crippen LogP contribution in [-0.4, -0.2) is 51.6 Å². The summed E-state index contributed by atoms with van der Waals surface area (Å²) in [5.41, 5.74) is 2.55. The molecule has 2 aromatic heterocycles. The van der Waals surface area contributed by atoms with Gasteiger partial charge in [-0.2, -0.15) is 0 Å². The van der Waals surface area contributed by atoms with Gasteiger partial charge in [0, 0.05) is 37.9 Å². The standard InChI is InChI=1S/C19H20ClN5O/c1-14-5-2-3-6-16(14)18(26)23-9-4-10-24(12-11-23)19-22-21-17-8-7-15(20)13-25(17)19/h2-3,5-8,13H,4,9-12H2,1H3. The van der Waals surface area contributed by atoms with Crippen LogP contribution in [0.15, 0.2) is 42.6 Å². The molecule has 0 atom stereocenters. The highest BCUT2D eigenvalue weighted by atomic mass is 35.5. The Labute approximate surface area is 157 Å². The second kappa shape index (κ2) is 6.96. The van der Waals surface area contributed by atoms with Crippen LogP contribution in [0.4, 0.5) is 5.95 Å². The molecule has 26 heavy (non-hydrogen) atoms. The SMILES string of the molecule is Cc1ccccc1C(=O)N1CCCN(c2nnc3ccc(Cl)cn23)CC1. The van der Waals surface area contributed by atoms with Crippen molar-refractivity contribution in [1.82, 2.24) is 19.5 Å². The Morgan fingerprint density at radius 1 is 1.04 bits per heavy atom. The number of fused-ring (bicyclic) bond motifs is 1. The Morgan fingerprint density at radius 2 is 1.88 bits per heavy atom. The fourth-order valence-electron chi connectivity index (χ4n) is 3.37. The number of hydrogen-bond donors (Lipinski definition) is 0. The molecule has 3 heterocycles. The minimum Gasteiger partial charge on any atom is -0.339 e. The summed E-state index contributed by atoms with van der Waals surface area (Å²) in [4.78, 5) is 17.0. The number of carbonyl (C=O) groups is 1. The van der Waals surface area contributed by atoms with Gasteiger partial charge in [-0.15, -0.1) is 10.2 Å². The van der Waals surface area contributed by atoms with Crippen LogP contribution < -0.4 is 4.90 Å². The molecule has 0 saturated carbocycles. The first-order valence-corrected chi connectivity index (χ1v) is 9.11. The van der Waals surface area contributed by atoms with Crippen molar-refractivity contribution >= 4 is 29.1 Å². The lowest BCUT2D eigenvalue weighted by Crippen LogP contribution is -2.36. The van der Waals surface area contributed by atoms with Crippen molar-refractivity contribution in [2.24, 2.45) is 0 Å². The largest absolute Gasteiger partial charge is 0.339 e. The molecule has 1 fully saturated rings. The topological polar surface area (TPSA) is 53.7 Å². The third kappa shape index (κ3) is 3.12. The molecule has 7 heteroatoms. The van der Waals surface area contributed by atoms with Crippen molar-refractivity contribution < 1.29 is 4.79 Å². The van der Waals surface area contributed by atoms with E-state index in [1.54, 1.807) is 6.07 Å². The number of pyridine rings is 1. The highest BCUT2D eigenvalue weighted by molar-refractivity contribution is 6.30. The van der Waals surface area contributed by atoms with Crippen LogP contribution in [0.25, 0.3) is 5.65 Å². The van der Waals surface area contributed by atoms with E-state index in [2.05, 4.69) is 15.1 Å². The van der Waals surface area contributed by atoms with Gasteiger partial charge in [-0.05, 0) is 37.1 Å². The molecular weight excluding hydrogens is 350 g/mol. The maximum absolute atomic E-state index is 12.9. The molecule has 1 aromatic carbocycles. The van der Waals surface area contributed by atoms with Gasteiger partial charge in [0.15, 0.2) is 5.65 Å². The number of halogens is 1. The first-order chi connectivity index (χ1) is 12.6. The summed E-state index contributed by atoms with van der Waals surface area (Å²) in [6.45, 7) is 4.91. The quantitative estimate of drug-likeness (QED) is 0.696. The van der Waals surface area contributed by atoms with Crippen molar-refractivity contribution in [3.63, 3.8) is 0 Å². The third-order valence-corrected chi connectivity index (χ3v) is 5.01. The summed E-state index contributed by atoms with van der Waals surface area (Å²) < 4.78 is 1.90. The Bertz CT molecular complexity index is 954. The van der Waals surface area contributed by atoms with E-state index in [0.717, 1.165) is 42.2 Å². The molecule has 0 unspecified atom stereocenters. The monoisotopic (exact) mass is 369 g/mol. The van der Waals surface area contributed by atoms with Gasteiger partial charge >= 0.3 is 0 Å². The lowest BCUT2D eigenvalue weighted by molar-refractivity contribution is 0.0766. The van der Waals surface area contributed by atoms with Crippen LogP contribution in [0.5, 0.6) is 0 Å². The number of hydrogen-bond acceptors (Lipinski definition) is 4. The number of nitrogens with zero attached hydrogens (tertiary/aromatic N) is 5. The minimum absolute atomic E-state index is 0.0964. The van der Waals surface area contributed by atoms with E-state index < -0.39 is 0 Å². The highest BCUT2D eigenvalue weighted by Gasteiger charge is 2.23. The molecule has 3 aromatic rings. The predicted octanol–water partition coefficient (Wildman–Crippen LogP) is 3.04. The van der Waals surface area contributed by atoms with Crippen molar-refractivity contribution in [2.45, 2.75) is 13.3 Å². The lowest BCUT2D eigenvalue weighted by atomic mass is 10.1. The summed E-state index contributed by atoms with van der Waals surface area (Å²) >= 11 is 6.12. The molecule has 0 radical (unpaired) electrons. The fourth-order valence-corrected chi connectivity index (χ4v) is 3.53. The second-order valence-electron chi connectivity index (χ2n) is 6.52. The highest BCUT2D eigenvalue weighted by Crippen LogP contribution is 2.19. The minimum atomic E-state index is 0.0964. The zero-order valence-electron chi connectivity index (χ0n) is 14.6. The van der Waals surface area contributed by atoms with Gasteiger partial charge in [0.25, 0.3) is 5.91 Å². The van der Waals surface area contributed by atoms with E-state index in [4.69, 9.17) is 11.6 Å². The zero-order chi connectivity index (χ0) is 18.1. The maximum atomic E-state index is 12.9. The van der Waals surface area contributed by atoms with Crippen molar-refractivity contribution in [3.05, 3.63) is 58.7 Å². The van der Waals surface area contributed by atoms with Crippen LogP contribution in [0, 0.1) is 6.92 Å². The van der Waals surface area contributed by atoms with Crippen molar-refractivity contribution in [2.75, 3.05) is 31.1 Å². The Balaban J connectivity index is 1.54. The average Bonchev–Trinajstić information content (AvgIpc) is 2.89. The smallest absolute Gasteiger partial charge is 0.254 e. The molecule has 1 amide bonds. The summed E-state index contributed by atoms with van der Waals surface area (Å²) in [6.07, 6.45) is 2.71. The van der Waals surface area contributed by atoms with Gasteiger partial charge < -0.3 is 9.80 Å². The average molecular weight is 370 g/mol. The number of aromatic nitrogens is 3. The molecule has 1 saturated heterocycles. The Kier molecular flexibility index (Phi) is 4.51. The number of anilines is 1. The number of benzene rings is 1. The van der Waals surface area contributed by atoms with Crippen molar-refractivity contribution in [3.8, 4) is 0 Å². The summed E-state index contributed by atoms with van der Waals surface area (Å²) in [5.74, 6) is 0.867. The molecule has 0 spiro atoms. The fraction of sp³-hybridized carbons (Fsp3) is 0.316. The van der Waals surface area contributed by atoms with Crippen LogP contribution in [0.2, 0.25) is 5.02 Å². The van der Waals surface area contributed by atoms with Gasteiger partial charge in [-0.1, -0.05) is 29.8 Å². The summed E-state index contributed by atoms with van der Waals surface area (Å²) in [7, 11) is 0. The number of amides is 1. The Hall–Kier alpha value is -2.60. The predicted molar refractivity (Wildman–Crippen MR) is 102 cm³/mol. The molecule has 0 N–H and O–H groups in total. The van der Waals surface area contributed by atoms with Gasteiger partial charge in [-0.3, -0.25) is 9.20 Å². The third-order valence-electron chi connectivity index (χ3n) is 4.79. The molecule has 0 aliphatic carbocycles. The van der Waals surface area contributed by atoms with Gasteiger partial charge in [0.2, 0.25) is 5.95 Å². The number of carbonyl (C=O) groups excluding carboxylic acids is 1. The zero-order valence-corrected chi connectivity index (χ0v) is 15.4. The molecule has 1 aliphatic rings. The van der Waals surface area contributed by atoms with Crippen LogP contribution in [0.1, 0.15) is 22.3 Å². The number of aryl methyl sites for hydroxylation is 1. The van der Waals surface area contributed by atoms with E-state index >= 15 is 0 Å². The first kappa shape index (κ1) is 16.8. The van der Waals surface area contributed by atoms with E-state index in [0.29, 0.717) is 18.1 Å². The Morgan fingerprint density at radius 3 is 2.73 bits per heavy atom. The molecule has 4 rings (SSSR count). The van der Waals surface area contributed by atoms with E-state index in [1.807, 2.05) is 52.8 Å². The molecule has 1 aliphatic heterocycles. The van der Waals surface area contributed by atoms with Crippen LogP contribution in [-0.2, 0) is 0 Å². The molecule has 0 bridgehead atoms. The van der Waals surface area contributed by atoms with E-state index in [9.17, 15) is 4.79 Å². The summed E-state index contributed by atoms with van der Waals surface area (Å²) in [5, 5.41) is 9.18. The van der Waals surface area contributed by atoms with Gasteiger partial charge in [0.1, 0.15) is 0 Å². The molecular formula is C19H20ClN5O. The summed E-state index contributed by atoms with van der Waals surface area (Å²) in [6, 6.07) is 11.4.